The third-order valence-corrected chi connectivity index (χ3v) is 5.03. The molecule has 0 aliphatic carbocycles. The van der Waals surface area contributed by atoms with Crippen molar-refractivity contribution in [3.63, 3.8) is 0 Å². The molecule has 20 heavy (non-hydrogen) atoms. The lowest BCUT2D eigenvalue weighted by Gasteiger charge is -2.09. The van der Waals surface area contributed by atoms with E-state index in [0.29, 0.717) is 5.69 Å². The second-order valence-corrected chi connectivity index (χ2v) is 7.17. The summed E-state index contributed by atoms with van der Waals surface area (Å²) in [4.78, 5) is -0.114. The lowest BCUT2D eigenvalue weighted by atomic mass is 10.2. The van der Waals surface area contributed by atoms with E-state index in [-0.39, 0.29) is 15.5 Å². The van der Waals surface area contributed by atoms with E-state index in [1.54, 1.807) is 24.3 Å². The van der Waals surface area contributed by atoms with Gasteiger partial charge in [0.05, 0.1) is 16.7 Å². The van der Waals surface area contributed by atoms with Gasteiger partial charge in [-0.3, -0.25) is 4.72 Å². The monoisotopic (exact) mass is 418 g/mol. The minimum atomic E-state index is -3.82. The molecule has 0 bridgehead atoms. The van der Waals surface area contributed by atoms with Crippen LogP contribution < -0.4 is 4.72 Å². The van der Waals surface area contributed by atoms with Crippen LogP contribution in [0.2, 0.25) is 5.02 Å². The highest BCUT2D eigenvalue weighted by molar-refractivity contribution is 14.1. The summed E-state index contributed by atoms with van der Waals surface area (Å²) < 4.78 is 28.0. The zero-order valence-corrected chi connectivity index (χ0v) is 13.7. The van der Waals surface area contributed by atoms with Crippen molar-refractivity contribution in [2.24, 2.45) is 0 Å². The molecule has 4 nitrogen and oxygen atoms in total. The van der Waals surface area contributed by atoms with Crippen LogP contribution in [0.5, 0.6) is 0 Å². The number of benzene rings is 2. The topological polar surface area (TPSA) is 70.0 Å². The molecule has 0 radical (unpaired) electrons. The van der Waals surface area contributed by atoms with Gasteiger partial charge >= 0.3 is 0 Å². The smallest absolute Gasteiger partial charge is 0.263 e. The van der Waals surface area contributed by atoms with E-state index in [4.69, 9.17) is 16.9 Å². The fourth-order valence-corrected chi connectivity index (χ4v) is 3.45. The van der Waals surface area contributed by atoms with Gasteiger partial charge in [0.25, 0.3) is 10.0 Å². The molecule has 2 aromatic rings. The van der Waals surface area contributed by atoms with Crippen molar-refractivity contribution in [2.45, 2.75) is 4.90 Å². The Labute approximate surface area is 135 Å². The Morgan fingerprint density at radius 2 is 1.80 bits per heavy atom. The first-order valence-corrected chi connectivity index (χ1v) is 8.34. The van der Waals surface area contributed by atoms with Crippen LogP contribution in [-0.4, -0.2) is 8.42 Å². The van der Waals surface area contributed by atoms with E-state index in [1.807, 2.05) is 6.07 Å². The summed E-state index contributed by atoms with van der Waals surface area (Å²) in [7, 11) is -3.82. The maximum atomic E-state index is 12.3. The summed E-state index contributed by atoms with van der Waals surface area (Å²) in [6.07, 6.45) is 0. The molecule has 0 aliphatic rings. The summed E-state index contributed by atoms with van der Waals surface area (Å²) in [6, 6.07) is 12.9. The van der Waals surface area contributed by atoms with Crippen molar-refractivity contribution in [2.75, 3.05) is 4.72 Å². The molecule has 0 saturated carbocycles. The minimum Gasteiger partial charge on any atom is -0.280 e. The highest BCUT2D eigenvalue weighted by Crippen LogP contribution is 2.25. The average Bonchev–Trinajstić information content (AvgIpc) is 2.41. The number of sulfonamides is 1. The van der Waals surface area contributed by atoms with Gasteiger partial charge in [-0.25, -0.2) is 8.42 Å². The molecule has 0 atom stereocenters. The van der Waals surface area contributed by atoms with Crippen molar-refractivity contribution in [3.8, 4) is 6.07 Å². The van der Waals surface area contributed by atoms with Crippen molar-refractivity contribution in [1.29, 1.82) is 5.26 Å². The van der Waals surface area contributed by atoms with Gasteiger partial charge in [-0.15, -0.1) is 0 Å². The van der Waals surface area contributed by atoms with Gasteiger partial charge in [0.15, 0.2) is 0 Å². The van der Waals surface area contributed by atoms with Gasteiger partial charge in [-0.2, -0.15) is 5.26 Å². The first-order chi connectivity index (χ1) is 9.42. The molecule has 0 fully saturated rings. The Balaban J connectivity index is 2.40. The van der Waals surface area contributed by atoms with E-state index < -0.39 is 10.0 Å². The highest BCUT2D eigenvalue weighted by atomic mass is 127. The quantitative estimate of drug-likeness (QED) is 0.774. The van der Waals surface area contributed by atoms with Crippen LogP contribution in [-0.2, 0) is 10.0 Å². The zero-order chi connectivity index (χ0) is 14.8. The van der Waals surface area contributed by atoms with E-state index in [2.05, 4.69) is 27.3 Å². The molecule has 2 aromatic carbocycles. The Bertz CT molecular complexity index is 783. The first kappa shape index (κ1) is 15.1. The Morgan fingerprint density at radius 1 is 1.15 bits per heavy atom. The highest BCUT2D eigenvalue weighted by Gasteiger charge is 2.18. The van der Waals surface area contributed by atoms with Crippen LogP contribution in [0.3, 0.4) is 0 Å². The van der Waals surface area contributed by atoms with Crippen molar-refractivity contribution < 1.29 is 8.42 Å². The van der Waals surface area contributed by atoms with E-state index >= 15 is 0 Å². The standard InChI is InChI=1S/C13H8ClIN2O2S/c14-12-6-1-9(8-16)7-13(12)20(18,19)17-11-4-2-10(15)3-5-11/h1-7,17H. The number of nitriles is 1. The molecule has 0 unspecified atom stereocenters. The number of hydrogen-bond acceptors (Lipinski definition) is 3. The average molecular weight is 419 g/mol. The number of halogens is 2. The normalized spacial score (nSPS) is 10.8. The molecule has 0 spiro atoms. The SMILES string of the molecule is N#Cc1ccc(Cl)c(S(=O)(=O)Nc2ccc(I)cc2)c1. The molecular formula is C13H8ClIN2O2S. The summed E-state index contributed by atoms with van der Waals surface area (Å²) in [6.45, 7) is 0. The molecule has 0 aromatic heterocycles. The number of anilines is 1. The predicted octanol–water partition coefficient (Wildman–Crippen LogP) is 3.62. The summed E-state index contributed by atoms with van der Waals surface area (Å²) in [5.74, 6) is 0. The van der Waals surface area contributed by atoms with Crippen LogP contribution >= 0.6 is 34.2 Å². The van der Waals surface area contributed by atoms with Crippen LogP contribution in [0.4, 0.5) is 5.69 Å². The third-order valence-electron chi connectivity index (χ3n) is 2.45. The van der Waals surface area contributed by atoms with Gasteiger partial charge in [0.2, 0.25) is 0 Å². The van der Waals surface area contributed by atoms with Gasteiger partial charge in [0.1, 0.15) is 4.90 Å². The molecule has 1 N–H and O–H groups in total. The lowest BCUT2D eigenvalue weighted by molar-refractivity contribution is 0.601. The second kappa shape index (κ2) is 5.99. The summed E-state index contributed by atoms with van der Waals surface area (Å²) in [5.41, 5.74) is 0.668. The van der Waals surface area contributed by atoms with Crippen molar-refractivity contribution in [1.82, 2.24) is 0 Å². The van der Waals surface area contributed by atoms with Gasteiger partial charge < -0.3 is 0 Å². The molecule has 0 aliphatic heterocycles. The molecule has 2 rings (SSSR count). The largest absolute Gasteiger partial charge is 0.280 e. The Morgan fingerprint density at radius 3 is 2.40 bits per heavy atom. The number of hydrogen-bond donors (Lipinski definition) is 1. The van der Waals surface area contributed by atoms with E-state index in [1.165, 1.54) is 18.2 Å². The van der Waals surface area contributed by atoms with Crippen LogP contribution in [0.15, 0.2) is 47.4 Å². The minimum absolute atomic E-state index is 0.0713. The van der Waals surface area contributed by atoms with Gasteiger partial charge in [-0.05, 0) is 65.1 Å². The second-order valence-electron chi connectivity index (χ2n) is 3.87. The number of nitrogens with one attached hydrogen (secondary N) is 1. The Kier molecular flexibility index (Phi) is 4.52. The fraction of sp³-hybridized carbons (Fsp3) is 0. The summed E-state index contributed by atoms with van der Waals surface area (Å²) in [5, 5.41) is 8.90. The molecule has 0 saturated heterocycles. The first-order valence-electron chi connectivity index (χ1n) is 5.40. The lowest BCUT2D eigenvalue weighted by Crippen LogP contribution is -2.13. The number of nitrogens with zero attached hydrogens (tertiary/aromatic N) is 1. The van der Waals surface area contributed by atoms with E-state index in [0.717, 1.165) is 3.57 Å². The fourth-order valence-electron chi connectivity index (χ4n) is 1.51. The third kappa shape index (κ3) is 3.42. The maximum absolute atomic E-state index is 12.3. The predicted molar refractivity (Wildman–Crippen MR) is 86.1 cm³/mol. The summed E-state index contributed by atoms with van der Waals surface area (Å²) >= 11 is 8.02. The zero-order valence-electron chi connectivity index (χ0n) is 9.97. The number of rotatable bonds is 3. The molecule has 7 heteroatoms. The van der Waals surface area contributed by atoms with Crippen molar-refractivity contribution >= 4 is 49.9 Å². The van der Waals surface area contributed by atoms with Crippen LogP contribution in [0, 0.1) is 14.9 Å². The maximum Gasteiger partial charge on any atom is 0.263 e. The molecular weight excluding hydrogens is 411 g/mol. The van der Waals surface area contributed by atoms with Crippen LogP contribution in [0.1, 0.15) is 5.56 Å². The molecule has 102 valence electrons. The van der Waals surface area contributed by atoms with Crippen LogP contribution in [0.25, 0.3) is 0 Å². The van der Waals surface area contributed by atoms with Gasteiger partial charge in [0, 0.05) is 9.26 Å². The Hall–Kier alpha value is -1.30. The molecule has 0 heterocycles. The van der Waals surface area contributed by atoms with E-state index in [9.17, 15) is 8.42 Å². The van der Waals surface area contributed by atoms with Gasteiger partial charge in [-0.1, -0.05) is 11.6 Å². The molecule has 0 amide bonds. The van der Waals surface area contributed by atoms with Crippen molar-refractivity contribution in [3.05, 3.63) is 56.6 Å².